The summed E-state index contributed by atoms with van der Waals surface area (Å²) in [6.45, 7) is 10.9. The number of alkyl halides is 3. The van der Waals surface area contributed by atoms with E-state index in [0.717, 1.165) is 109 Å². The van der Waals surface area contributed by atoms with Crippen LogP contribution in [0.2, 0.25) is 0 Å². The van der Waals surface area contributed by atoms with Gasteiger partial charge in [-0.3, -0.25) is 4.79 Å². The lowest BCUT2D eigenvalue weighted by molar-refractivity contribution is -0.153. The summed E-state index contributed by atoms with van der Waals surface area (Å²) in [7, 11) is 0. The predicted molar refractivity (Wildman–Crippen MR) is 293 cm³/mol. The molecule has 0 aliphatic heterocycles. The van der Waals surface area contributed by atoms with Crippen molar-refractivity contribution in [3.63, 3.8) is 0 Å². The molecular weight excluding hydrogens is 1010 g/mol. The van der Waals surface area contributed by atoms with Gasteiger partial charge in [0.2, 0.25) is 11.0 Å². The summed E-state index contributed by atoms with van der Waals surface area (Å²) in [4.78, 5) is 59.2. The molecule has 1 unspecified atom stereocenters. The topological polar surface area (TPSA) is 156 Å². The van der Waals surface area contributed by atoms with E-state index in [1.54, 1.807) is 18.2 Å². The lowest BCUT2D eigenvalue weighted by Crippen LogP contribution is -2.30. The minimum Gasteiger partial charge on any atom is -0.478 e. The Bertz CT molecular complexity index is 2980. The van der Waals surface area contributed by atoms with E-state index < -0.39 is 36.0 Å². The van der Waals surface area contributed by atoms with E-state index in [2.05, 4.69) is 28.6 Å². The monoisotopic (exact) mass is 1080 g/mol. The van der Waals surface area contributed by atoms with Crippen LogP contribution in [0, 0.1) is 17.3 Å². The zero-order valence-corrected chi connectivity index (χ0v) is 45.0. The molecule has 0 saturated heterocycles. The Balaban J connectivity index is 0.999. The van der Waals surface area contributed by atoms with Crippen LogP contribution in [0.15, 0.2) is 115 Å². The van der Waals surface area contributed by atoms with Crippen LogP contribution < -0.4 is 19.2 Å². The average Bonchev–Trinajstić information content (AvgIpc) is 3.86. The number of aromatic nitrogens is 2. The molecule has 0 amide bonds. The van der Waals surface area contributed by atoms with Crippen LogP contribution in [0.5, 0.6) is 17.4 Å². The van der Waals surface area contributed by atoms with Gasteiger partial charge in [0.05, 0.1) is 52.8 Å². The number of thiazole rings is 1. The molecule has 2 heterocycles. The molecule has 0 spiro atoms. The Hall–Kier alpha value is -7.14. The van der Waals surface area contributed by atoms with Gasteiger partial charge in [0.1, 0.15) is 18.0 Å². The second-order valence-electron chi connectivity index (χ2n) is 20.6. The fourth-order valence-corrected chi connectivity index (χ4v) is 10.1. The molecule has 2 aromatic heterocycles. The van der Waals surface area contributed by atoms with E-state index in [1.165, 1.54) is 42.9 Å². The number of unbranched alkanes of at least 4 members (excludes halogenated alkanes) is 3. The Morgan fingerprint density at radius 1 is 0.805 bits per heavy atom. The van der Waals surface area contributed by atoms with E-state index >= 15 is 0 Å². The highest BCUT2D eigenvalue weighted by molar-refractivity contribution is 7.23. The number of rotatable bonds is 25. The van der Waals surface area contributed by atoms with Gasteiger partial charge in [-0.15, -0.1) is 0 Å². The summed E-state index contributed by atoms with van der Waals surface area (Å²) in [5, 5.41) is 6.72. The van der Waals surface area contributed by atoms with Crippen molar-refractivity contribution in [1.82, 2.24) is 9.97 Å². The number of carbonyl (C=O) groups excluding carboxylic acids is 4. The Morgan fingerprint density at radius 3 is 2.25 bits per heavy atom. The molecule has 0 bridgehead atoms. The van der Waals surface area contributed by atoms with Crippen LogP contribution >= 0.6 is 11.3 Å². The molecule has 408 valence electrons. The first kappa shape index (κ1) is 57.6. The van der Waals surface area contributed by atoms with Gasteiger partial charge in [-0.1, -0.05) is 86.6 Å². The minimum absolute atomic E-state index is 0.0159. The largest absolute Gasteiger partial charge is 0.478 e. The fraction of sp³-hybridized carbons (Fsp3) is 0.417. The van der Waals surface area contributed by atoms with Gasteiger partial charge in [-0.05, 0) is 150 Å². The number of ether oxygens (including phenoxy) is 5. The van der Waals surface area contributed by atoms with Crippen molar-refractivity contribution in [3.8, 4) is 17.4 Å². The van der Waals surface area contributed by atoms with Crippen molar-refractivity contribution in [2.45, 2.75) is 117 Å². The number of esters is 4. The summed E-state index contributed by atoms with van der Waals surface area (Å²) in [6.07, 6.45) is 10.6. The van der Waals surface area contributed by atoms with Crippen molar-refractivity contribution in [3.05, 3.63) is 132 Å². The third-order valence-electron chi connectivity index (χ3n) is 13.5. The molecule has 1 aliphatic rings. The van der Waals surface area contributed by atoms with E-state index in [4.69, 9.17) is 23.7 Å². The molecule has 0 radical (unpaired) electrons. The van der Waals surface area contributed by atoms with Crippen LogP contribution in [0.3, 0.4) is 0 Å². The van der Waals surface area contributed by atoms with Crippen LogP contribution in [0.1, 0.15) is 143 Å². The second kappa shape index (κ2) is 27.3. The molecule has 1 saturated carbocycles. The first-order valence-electron chi connectivity index (χ1n) is 26.3. The number of nitrogens with zero attached hydrogens (tertiary/aromatic N) is 4. The normalized spacial score (nSPS) is 15.3. The number of fused-ring (bicyclic) bond motifs is 3. The molecule has 17 heteroatoms. The fourth-order valence-electron chi connectivity index (χ4n) is 9.02. The summed E-state index contributed by atoms with van der Waals surface area (Å²) in [6, 6.07) is 25.7. The number of hydrogen-bond donors (Lipinski definition) is 0. The number of halogens is 3. The third-order valence-corrected chi connectivity index (χ3v) is 14.6. The number of pyridine rings is 1. The van der Waals surface area contributed by atoms with Gasteiger partial charge >= 0.3 is 30.1 Å². The minimum atomic E-state index is -4.68. The smallest absolute Gasteiger partial charge is 0.408 e. The van der Waals surface area contributed by atoms with Crippen molar-refractivity contribution in [1.29, 1.82) is 0 Å². The molecule has 7 rings (SSSR count). The Morgan fingerprint density at radius 2 is 1.53 bits per heavy atom. The molecule has 1 atom stereocenters. The average molecular weight is 1080 g/mol. The summed E-state index contributed by atoms with van der Waals surface area (Å²) in [5.41, 5.74) is 1.57. The van der Waals surface area contributed by atoms with Gasteiger partial charge in [-0.2, -0.15) is 18.3 Å². The molecule has 4 aromatic carbocycles. The predicted octanol–water partition coefficient (Wildman–Crippen LogP) is 14.4. The molecular formula is C60H67F3N4O9S. The molecule has 6 aromatic rings. The second-order valence-corrected chi connectivity index (χ2v) is 21.6. The Labute approximate surface area is 451 Å². The molecule has 1 aliphatic carbocycles. The number of benzene rings is 4. The highest BCUT2D eigenvalue weighted by Gasteiger charge is 2.33. The van der Waals surface area contributed by atoms with E-state index in [0.29, 0.717) is 59.8 Å². The SMILES string of the molecule is C=CC(=O)OCCCCCCOc1ccc(C(=O)Oc2ccc(OC(=O)c3ccc(C4CCC(CCCC(C)CCOC(=O)C(C)(C)C)CC4)cc3)cc2/C=N/N(CC(F)(F)F)c2nc3ccc4ccccc4c3s2)cn1. The lowest BCUT2D eigenvalue weighted by atomic mass is 9.76. The number of hydrogen-bond acceptors (Lipinski definition) is 14. The highest BCUT2D eigenvalue weighted by Crippen LogP contribution is 2.39. The molecule has 1 fully saturated rings. The van der Waals surface area contributed by atoms with Crippen molar-refractivity contribution in [2.75, 3.05) is 31.4 Å². The lowest BCUT2D eigenvalue weighted by Gasteiger charge is -2.29. The van der Waals surface area contributed by atoms with E-state index in [-0.39, 0.29) is 39.6 Å². The molecule has 0 N–H and O–H groups in total. The zero-order valence-electron chi connectivity index (χ0n) is 44.2. The maximum Gasteiger partial charge on any atom is 0.408 e. The molecule has 77 heavy (non-hydrogen) atoms. The summed E-state index contributed by atoms with van der Waals surface area (Å²) < 4.78 is 71.1. The van der Waals surface area contributed by atoms with Crippen LogP contribution in [-0.4, -0.2) is 72.6 Å². The van der Waals surface area contributed by atoms with Gasteiger partial charge in [0, 0.05) is 29.3 Å². The quantitative estimate of drug-likeness (QED) is 0.0134. The van der Waals surface area contributed by atoms with Crippen LogP contribution in [0.4, 0.5) is 18.3 Å². The number of hydrazone groups is 1. The van der Waals surface area contributed by atoms with Gasteiger partial charge in [-0.25, -0.2) is 29.4 Å². The standard InChI is InChI=1S/C60H67F3N4O9S/c1-6-53(68)73-34-12-8-7-11-33-72-52-31-27-46(37-64-52)56(70)76-51-30-28-48(36-47(51)38-65-67(39-60(61,62)63)58-66-50-29-26-44-16-9-10-17-49(44)54(50)77-58)75-55(69)45-24-22-43(23-25-45)42-20-18-41(19-21-42)15-13-14-40(2)32-35-74-57(71)59(3,4)5/h6,9-10,16-17,22-31,36-38,40-42H,1,7-8,11-15,18-21,32-35,39H2,2-5H3/b65-38+. The summed E-state index contributed by atoms with van der Waals surface area (Å²) >= 11 is 1.06. The van der Waals surface area contributed by atoms with Gasteiger partial charge in [0.15, 0.2) is 0 Å². The van der Waals surface area contributed by atoms with E-state index in [9.17, 15) is 32.3 Å². The zero-order chi connectivity index (χ0) is 55.0. The maximum atomic E-state index is 14.2. The third kappa shape index (κ3) is 17.4. The number of anilines is 1. The number of carbonyl (C=O) groups is 4. The first-order chi connectivity index (χ1) is 36.9. The first-order valence-corrected chi connectivity index (χ1v) is 27.1. The van der Waals surface area contributed by atoms with Gasteiger partial charge in [0.25, 0.3) is 0 Å². The van der Waals surface area contributed by atoms with Gasteiger partial charge < -0.3 is 23.7 Å². The maximum absolute atomic E-state index is 14.2. The van der Waals surface area contributed by atoms with Crippen molar-refractivity contribution in [2.24, 2.45) is 22.4 Å². The van der Waals surface area contributed by atoms with Crippen molar-refractivity contribution < 1.29 is 56.0 Å². The Kier molecular flexibility index (Phi) is 20.4. The van der Waals surface area contributed by atoms with Crippen molar-refractivity contribution >= 4 is 67.5 Å². The summed E-state index contributed by atoms with van der Waals surface area (Å²) in [5.74, 6) is -0.321. The van der Waals surface area contributed by atoms with Crippen LogP contribution in [-0.2, 0) is 19.1 Å². The highest BCUT2D eigenvalue weighted by atomic mass is 32.1. The molecule has 13 nitrogen and oxygen atoms in total. The van der Waals surface area contributed by atoms with E-state index in [1.807, 2.05) is 63.2 Å². The van der Waals surface area contributed by atoms with Crippen LogP contribution in [0.25, 0.3) is 21.0 Å².